The van der Waals surface area contributed by atoms with E-state index in [1.165, 1.54) is 12.8 Å². The predicted octanol–water partition coefficient (Wildman–Crippen LogP) is 2.36. The summed E-state index contributed by atoms with van der Waals surface area (Å²) in [6, 6.07) is 0.256. The van der Waals surface area contributed by atoms with E-state index in [4.69, 9.17) is 10.5 Å². The van der Waals surface area contributed by atoms with Gasteiger partial charge in [-0.3, -0.25) is 4.79 Å². The topological polar surface area (TPSA) is 64.3 Å². The average Bonchev–Trinajstić information content (AvgIpc) is 2.34. The van der Waals surface area contributed by atoms with Gasteiger partial charge in [-0.15, -0.1) is 0 Å². The smallest absolute Gasteiger partial charge is 0.237 e. The highest BCUT2D eigenvalue weighted by molar-refractivity contribution is 5.84. The van der Waals surface area contributed by atoms with E-state index in [0.717, 1.165) is 32.3 Å². The third-order valence-corrected chi connectivity index (χ3v) is 3.84. The second kappa shape index (κ2) is 7.85. The van der Waals surface area contributed by atoms with Gasteiger partial charge in [-0.25, -0.2) is 0 Å². The maximum Gasteiger partial charge on any atom is 0.237 e. The number of nitrogens with two attached hydrogens (primary N) is 1. The van der Waals surface area contributed by atoms with Crippen LogP contribution in [0.15, 0.2) is 0 Å². The SMILES string of the molecule is CCCCCOC1CCCC(NC(C)C)(C(N)=O)C1. The molecule has 0 aromatic heterocycles. The predicted molar refractivity (Wildman–Crippen MR) is 77.9 cm³/mol. The first-order valence-corrected chi connectivity index (χ1v) is 7.69. The second-order valence-corrected chi connectivity index (χ2v) is 6.04. The van der Waals surface area contributed by atoms with E-state index >= 15 is 0 Å². The summed E-state index contributed by atoms with van der Waals surface area (Å²) in [5.41, 5.74) is 5.06. The zero-order valence-corrected chi connectivity index (χ0v) is 12.7. The largest absolute Gasteiger partial charge is 0.378 e. The van der Waals surface area contributed by atoms with E-state index in [9.17, 15) is 4.79 Å². The Balaban J connectivity index is 2.51. The summed E-state index contributed by atoms with van der Waals surface area (Å²) >= 11 is 0. The zero-order chi connectivity index (χ0) is 14.3. The molecule has 0 aromatic rings. The molecule has 2 atom stereocenters. The van der Waals surface area contributed by atoms with Gasteiger partial charge in [0.15, 0.2) is 0 Å². The molecule has 2 unspecified atom stereocenters. The molecule has 1 fully saturated rings. The number of amides is 1. The van der Waals surface area contributed by atoms with Gasteiger partial charge in [0.05, 0.1) is 6.10 Å². The summed E-state index contributed by atoms with van der Waals surface area (Å²) in [4.78, 5) is 11.8. The summed E-state index contributed by atoms with van der Waals surface area (Å²) in [7, 11) is 0. The van der Waals surface area contributed by atoms with E-state index in [2.05, 4.69) is 26.1 Å². The fourth-order valence-electron chi connectivity index (χ4n) is 2.95. The lowest BCUT2D eigenvalue weighted by Gasteiger charge is -2.40. The molecule has 0 aliphatic heterocycles. The van der Waals surface area contributed by atoms with Crippen LogP contribution in [-0.4, -0.2) is 30.2 Å². The lowest BCUT2D eigenvalue weighted by molar-refractivity contribution is -0.129. The molecule has 1 aliphatic carbocycles. The van der Waals surface area contributed by atoms with E-state index in [1.54, 1.807) is 0 Å². The minimum atomic E-state index is -0.568. The number of nitrogens with one attached hydrogen (secondary N) is 1. The molecule has 1 amide bonds. The van der Waals surface area contributed by atoms with Gasteiger partial charge in [0.25, 0.3) is 0 Å². The first kappa shape index (κ1) is 16.4. The second-order valence-electron chi connectivity index (χ2n) is 6.04. The molecule has 19 heavy (non-hydrogen) atoms. The number of ether oxygens (including phenoxy) is 1. The van der Waals surface area contributed by atoms with E-state index in [0.29, 0.717) is 6.42 Å². The number of carbonyl (C=O) groups is 1. The summed E-state index contributed by atoms with van der Waals surface area (Å²) in [5.74, 6) is -0.233. The Morgan fingerprint density at radius 1 is 1.47 bits per heavy atom. The molecule has 112 valence electrons. The van der Waals surface area contributed by atoms with Crippen LogP contribution >= 0.6 is 0 Å². The van der Waals surface area contributed by atoms with E-state index in [-0.39, 0.29) is 18.1 Å². The lowest BCUT2D eigenvalue weighted by Crippen LogP contribution is -2.60. The Hall–Kier alpha value is -0.610. The van der Waals surface area contributed by atoms with Gasteiger partial charge in [0.1, 0.15) is 5.54 Å². The number of carbonyl (C=O) groups excluding carboxylic acids is 1. The molecule has 1 rings (SSSR count). The minimum absolute atomic E-state index is 0.171. The van der Waals surface area contributed by atoms with Crippen molar-refractivity contribution in [2.24, 2.45) is 5.73 Å². The first-order chi connectivity index (χ1) is 9.00. The highest BCUT2D eigenvalue weighted by Gasteiger charge is 2.41. The van der Waals surface area contributed by atoms with Crippen molar-refractivity contribution < 1.29 is 9.53 Å². The van der Waals surface area contributed by atoms with Gasteiger partial charge in [-0.1, -0.05) is 19.8 Å². The Bertz CT molecular complexity index is 281. The number of hydrogen-bond donors (Lipinski definition) is 2. The van der Waals surface area contributed by atoms with Gasteiger partial charge in [0.2, 0.25) is 5.91 Å². The molecule has 0 spiro atoms. The van der Waals surface area contributed by atoms with Gasteiger partial charge >= 0.3 is 0 Å². The molecule has 3 N–H and O–H groups in total. The quantitative estimate of drug-likeness (QED) is 0.665. The first-order valence-electron chi connectivity index (χ1n) is 7.69. The van der Waals surface area contributed by atoms with Crippen LogP contribution < -0.4 is 11.1 Å². The van der Waals surface area contributed by atoms with Crippen LogP contribution in [0, 0.1) is 0 Å². The molecule has 1 aliphatic rings. The van der Waals surface area contributed by atoms with Crippen LogP contribution in [-0.2, 0) is 9.53 Å². The standard InChI is InChI=1S/C15H30N2O2/c1-4-5-6-10-19-13-8-7-9-15(11-13,14(16)18)17-12(2)3/h12-13,17H,4-11H2,1-3H3,(H2,16,18). The molecule has 0 saturated heterocycles. The van der Waals surface area contributed by atoms with Crippen molar-refractivity contribution in [2.45, 2.75) is 83.4 Å². The molecular formula is C15H30N2O2. The Morgan fingerprint density at radius 3 is 2.79 bits per heavy atom. The fraction of sp³-hybridized carbons (Fsp3) is 0.933. The zero-order valence-electron chi connectivity index (χ0n) is 12.7. The molecule has 0 bridgehead atoms. The molecular weight excluding hydrogens is 240 g/mol. The van der Waals surface area contributed by atoms with Crippen molar-refractivity contribution in [3.05, 3.63) is 0 Å². The van der Waals surface area contributed by atoms with Gasteiger partial charge in [-0.05, 0) is 39.5 Å². The molecule has 0 heterocycles. The minimum Gasteiger partial charge on any atom is -0.378 e. The number of primary amides is 1. The molecule has 4 heteroatoms. The van der Waals surface area contributed by atoms with Crippen LogP contribution in [0.2, 0.25) is 0 Å². The summed E-state index contributed by atoms with van der Waals surface area (Å²) in [5, 5.41) is 3.37. The van der Waals surface area contributed by atoms with Crippen LogP contribution in [0.25, 0.3) is 0 Å². The van der Waals surface area contributed by atoms with Gasteiger partial charge in [0, 0.05) is 19.1 Å². The maximum atomic E-state index is 11.8. The third kappa shape index (κ3) is 5.11. The Labute approximate surface area is 117 Å². The monoisotopic (exact) mass is 270 g/mol. The summed E-state index contributed by atoms with van der Waals surface area (Å²) < 4.78 is 5.92. The van der Waals surface area contributed by atoms with Crippen molar-refractivity contribution in [1.29, 1.82) is 0 Å². The van der Waals surface area contributed by atoms with Crippen LogP contribution in [0.1, 0.15) is 65.7 Å². The Kier molecular flexibility index (Phi) is 6.80. The van der Waals surface area contributed by atoms with Gasteiger partial charge in [-0.2, -0.15) is 0 Å². The van der Waals surface area contributed by atoms with E-state index in [1.807, 2.05) is 0 Å². The Morgan fingerprint density at radius 2 is 2.21 bits per heavy atom. The van der Waals surface area contributed by atoms with Crippen molar-refractivity contribution >= 4 is 5.91 Å². The summed E-state index contributed by atoms with van der Waals surface area (Å²) in [6.45, 7) is 7.09. The van der Waals surface area contributed by atoms with Crippen molar-refractivity contribution in [3.63, 3.8) is 0 Å². The van der Waals surface area contributed by atoms with Crippen LogP contribution in [0.5, 0.6) is 0 Å². The van der Waals surface area contributed by atoms with Crippen LogP contribution in [0.3, 0.4) is 0 Å². The highest BCUT2D eigenvalue weighted by atomic mass is 16.5. The fourth-order valence-corrected chi connectivity index (χ4v) is 2.95. The van der Waals surface area contributed by atoms with Crippen LogP contribution in [0.4, 0.5) is 0 Å². The molecule has 0 radical (unpaired) electrons. The van der Waals surface area contributed by atoms with Gasteiger partial charge < -0.3 is 15.8 Å². The van der Waals surface area contributed by atoms with Crippen molar-refractivity contribution in [2.75, 3.05) is 6.61 Å². The third-order valence-electron chi connectivity index (χ3n) is 3.84. The van der Waals surface area contributed by atoms with E-state index < -0.39 is 5.54 Å². The average molecular weight is 270 g/mol. The molecule has 1 saturated carbocycles. The molecule has 0 aromatic carbocycles. The number of rotatable bonds is 8. The number of unbranched alkanes of at least 4 members (excludes halogenated alkanes) is 2. The number of hydrogen-bond acceptors (Lipinski definition) is 3. The van der Waals surface area contributed by atoms with Crippen molar-refractivity contribution in [1.82, 2.24) is 5.32 Å². The van der Waals surface area contributed by atoms with Crippen molar-refractivity contribution in [3.8, 4) is 0 Å². The summed E-state index contributed by atoms with van der Waals surface area (Å²) in [6.07, 6.45) is 7.27. The normalized spacial score (nSPS) is 27.7. The molecule has 4 nitrogen and oxygen atoms in total. The lowest BCUT2D eigenvalue weighted by atomic mass is 9.79. The maximum absolute atomic E-state index is 11.8. The highest BCUT2D eigenvalue weighted by Crippen LogP contribution is 2.30.